The Morgan fingerprint density at radius 2 is 1.37 bits per heavy atom. The van der Waals surface area contributed by atoms with Crippen molar-refractivity contribution in [2.24, 2.45) is 0 Å². The summed E-state index contributed by atoms with van der Waals surface area (Å²) < 4.78 is 51.7. The summed E-state index contributed by atoms with van der Waals surface area (Å²) in [5, 5.41) is 2.70. The fourth-order valence-corrected chi connectivity index (χ4v) is 5.66. The zero-order valence-corrected chi connectivity index (χ0v) is 28.7. The van der Waals surface area contributed by atoms with Gasteiger partial charge in [-0.2, -0.15) is 13.2 Å². The van der Waals surface area contributed by atoms with Crippen LogP contribution in [0.15, 0.2) is 97.6 Å². The van der Waals surface area contributed by atoms with Crippen molar-refractivity contribution in [2.75, 3.05) is 19.0 Å². The largest absolute Gasteiger partial charge is 0.497 e. The molecular formula is C41H47F3N2O3. The molecule has 0 aliphatic heterocycles. The summed E-state index contributed by atoms with van der Waals surface area (Å²) in [6.07, 6.45) is 3.83. The molecule has 0 saturated carbocycles. The molecule has 0 aliphatic carbocycles. The number of hydrogen-bond donors (Lipinski definition) is 1. The van der Waals surface area contributed by atoms with E-state index in [1.165, 1.54) is 63.3 Å². The standard InChI is InChI=1S/C41H47F3N2O3/c1-5-7-8-9-10-11-12-31-13-22-36(23-14-31)49-37-24-15-32(16-25-37)29-46(6-2)30(3)33-17-20-35(21-18-33)45-40(47)27-34-19-26-38(48-4)28-39(34)41(42,43)44/h13-26,28H,3,5-12,27,29H2,1-2,4H3,(H,45,47). The van der Waals surface area contributed by atoms with Gasteiger partial charge < -0.3 is 19.7 Å². The minimum Gasteiger partial charge on any atom is -0.497 e. The van der Waals surface area contributed by atoms with Gasteiger partial charge in [-0.15, -0.1) is 0 Å². The van der Waals surface area contributed by atoms with Gasteiger partial charge in [-0.05, 0) is 90.6 Å². The third-order valence-corrected chi connectivity index (χ3v) is 8.51. The molecule has 0 unspecified atom stereocenters. The van der Waals surface area contributed by atoms with E-state index in [9.17, 15) is 18.0 Å². The summed E-state index contributed by atoms with van der Waals surface area (Å²) in [4.78, 5) is 14.8. The molecule has 1 N–H and O–H groups in total. The van der Waals surface area contributed by atoms with Crippen molar-refractivity contribution < 1.29 is 27.4 Å². The first kappa shape index (κ1) is 37.1. The molecule has 4 rings (SSSR count). The lowest BCUT2D eigenvalue weighted by molar-refractivity contribution is -0.138. The summed E-state index contributed by atoms with van der Waals surface area (Å²) in [6.45, 7) is 9.97. The number of methoxy groups -OCH3 is 1. The van der Waals surface area contributed by atoms with Gasteiger partial charge in [0.25, 0.3) is 0 Å². The van der Waals surface area contributed by atoms with Crippen LogP contribution < -0.4 is 14.8 Å². The number of alkyl halides is 3. The van der Waals surface area contributed by atoms with Crippen molar-refractivity contribution in [3.63, 3.8) is 0 Å². The van der Waals surface area contributed by atoms with Crippen molar-refractivity contribution >= 4 is 17.3 Å². The quantitative estimate of drug-likeness (QED) is 0.107. The number of carbonyl (C=O) groups excluding carboxylic acids is 1. The molecular weight excluding hydrogens is 625 g/mol. The van der Waals surface area contributed by atoms with Gasteiger partial charge in [-0.25, -0.2) is 0 Å². The Morgan fingerprint density at radius 3 is 1.96 bits per heavy atom. The lowest BCUT2D eigenvalue weighted by atomic mass is 10.0. The molecule has 0 aromatic heterocycles. The molecule has 4 aromatic carbocycles. The van der Waals surface area contributed by atoms with Crippen LogP contribution in [-0.4, -0.2) is 24.5 Å². The minimum absolute atomic E-state index is 0.0783. The van der Waals surface area contributed by atoms with E-state index in [1.54, 1.807) is 12.1 Å². The Hall–Kier alpha value is -4.72. The number of rotatable bonds is 18. The number of ether oxygens (including phenoxy) is 2. The van der Waals surface area contributed by atoms with Crippen LogP contribution in [0.1, 0.15) is 80.2 Å². The first-order valence-electron chi connectivity index (χ1n) is 17.0. The van der Waals surface area contributed by atoms with Gasteiger partial charge in [-0.3, -0.25) is 4.79 Å². The highest BCUT2D eigenvalue weighted by atomic mass is 19.4. The Labute approximate surface area is 288 Å². The maximum Gasteiger partial charge on any atom is 0.416 e. The van der Waals surface area contributed by atoms with Crippen LogP contribution in [0, 0.1) is 0 Å². The number of carbonyl (C=O) groups is 1. The molecule has 0 radical (unpaired) electrons. The highest BCUT2D eigenvalue weighted by molar-refractivity contribution is 5.92. The lowest BCUT2D eigenvalue weighted by Gasteiger charge is -2.26. The van der Waals surface area contributed by atoms with Crippen LogP contribution >= 0.6 is 0 Å². The molecule has 1 amide bonds. The van der Waals surface area contributed by atoms with Crippen molar-refractivity contribution in [3.05, 3.63) is 125 Å². The molecule has 4 aromatic rings. The van der Waals surface area contributed by atoms with Gasteiger partial charge in [0.2, 0.25) is 5.91 Å². The van der Waals surface area contributed by atoms with Crippen molar-refractivity contribution in [3.8, 4) is 17.2 Å². The minimum atomic E-state index is -4.60. The summed E-state index contributed by atoms with van der Waals surface area (Å²) in [6, 6.07) is 27.1. The number of aryl methyl sites for hydroxylation is 1. The van der Waals surface area contributed by atoms with Gasteiger partial charge in [0, 0.05) is 24.5 Å². The lowest BCUT2D eigenvalue weighted by Crippen LogP contribution is -2.21. The van der Waals surface area contributed by atoms with E-state index in [0.717, 1.165) is 47.4 Å². The second kappa shape index (κ2) is 18.2. The zero-order chi connectivity index (χ0) is 35.2. The molecule has 8 heteroatoms. The van der Waals surface area contributed by atoms with Crippen LogP contribution in [0.3, 0.4) is 0 Å². The summed E-state index contributed by atoms with van der Waals surface area (Å²) in [7, 11) is 1.30. The average Bonchev–Trinajstić information content (AvgIpc) is 3.10. The molecule has 0 heterocycles. The van der Waals surface area contributed by atoms with Crippen LogP contribution in [0.4, 0.5) is 18.9 Å². The van der Waals surface area contributed by atoms with Gasteiger partial charge in [0.15, 0.2) is 0 Å². The summed E-state index contributed by atoms with van der Waals surface area (Å²) >= 11 is 0. The number of halogens is 3. The van der Waals surface area contributed by atoms with E-state index in [-0.39, 0.29) is 11.3 Å². The van der Waals surface area contributed by atoms with Crippen LogP contribution in [-0.2, 0) is 30.4 Å². The molecule has 0 bridgehead atoms. The molecule has 0 atom stereocenters. The highest BCUT2D eigenvalue weighted by Gasteiger charge is 2.34. The Balaban J connectivity index is 1.27. The molecule has 0 spiro atoms. The molecule has 5 nitrogen and oxygen atoms in total. The average molecular weight is 673 g/mol. The van der Waals surface area contributed by atoms with E-state index in [0.29, 0.717) is 12.2 Å². The second-order valence-corrected chi connectivity index (χ2v) is 12.2. The van der Waals surface area contributed by atoms with E-state index >= 15 is 0 Å². The first-order valence-corrected chi connectivity index (χ1v) is 17.0. The van der Waals surface area contributed by atoms with Crippen LogP contribution in [0.25, 0.3) is 5.70 Å². The Bertz CT molecular complexity index is 1630. The summed E-state index contributed by atoms with van der Waals surface area (Å²) in [5.41, 5.74) is 3.59. The maximum atomic E-state index is 13.6. The number of amides is 1. The Kier molecular flexibility index (Phi) is 13.7. The Morgan fingerprint density at radius 1 is 0.776 bits per heavy atom. The first-order chi connectivity index (χ1) is 23.6. The summed E-state index contributed by atoms with van der Waals surface area (Å²) in [5.74, 6) is 1.11. The monoisotopic (exact) mass is 672 g/mol. The third-order valence-electron chi connectivity index (χ3n) is 8.51. The molecule has 0 aliphatic rings. The number of hydrogen-bond acceptors (Lipinski definition) is 4. The van der Waals surface area contributed by atoms with Crippen molar-refractivity contribution in [1.29, 1.82) is 0 Å². The van der Waals surface area contributed by atoms with Crippen LogP contribution in [0.2, 0.25) is 0 Å². The smallest absolute Gasteiger partial charge is 0.416 e. The van der Waals surface area contributed by atoms with Gasteiger partial charge in [-0.1, -0.05) is 88.1 Å². The predicted molar refractivity (Wildman–Crippen MR) is 192 cm³/mol. The number of anilines is 1. The van der Waals surface area contributed by atoms with Gasteiger partial charge in [0.05, 0.1) is 19.1 Å². The van der Waals surface area contributed by atoms with Crippen LogP contribution in [0.5, 0.6) is 17.2 Å². The van der Waals surface area contributed by atoms with Crippen molar-refractivity contribution in [1.82, 2.24) is 4.90 Å². The highest BCUT2D eigenvalue weighted by Crippen LogP contribution is 2.35. The fourth-order valence-electron chi connectivity index (χ4n) is 5.66. The van der Waals surface area contributed by atoms with E-state index < -0.39 is 24.1 Å². The van der Waals surface area contributed by atoms with E-state index in [1.807, 2.05) is 48.5 Å². The van der Waals surface area contributed by atoms with Gasteiger partial charge >= 0.3 is 6.18 Å². The number of nitrogens with zero attached hydrogens (tertiary/aromatic N) is 1. The second-order valence-electron chi connectivity index (χ2n) is 12.2. The van der Waals surface area contributed by atoms with Gasteiger partial charge in [0.1, 0.15) is 17.2 Å². The predicted octanol–water partition coefficient (Wildman–Crippen LogP) is 11.1. The van der Waals surface area contributed by atoms with E-state index in [4.69, 9.17) is 9.47 Å². The fraction of sp³-hybridized carbons (Fsp3) is 0.341. The molecule has 0 saturated heterocycles. The molecule has 0 fully saturated rings. The normalized spacial score (nSPS) is 11.2. The topological polar surface area (TPSA) is 50.8 Å². The molecule has 49 heavy (non-hydrogen) atoms. The zero-order valence-electron chi connectivity index (χ0n) is 28.7. The third kappa shape index (κ3) is 11.4. The SMILES string of the molecule is C=C(c1ccc(NC(=O)Cc2ccc(OC)cc2C(F)(F)F)cc1)N(CC)Cc1ccc(Oc2ccc(CCCCCCCC)cc2)cc1. The number of benzene rings is 4. The van der Waals surface area contributed by atoms with E-state index in [2.05, 4.69) is 42.8 Å². The maximum absolute atomic E-state index is 13.6. The molecule has 260 valence electrons. The number of nitrogens with one attached hydrogen (secondary N) is 1. The van der Waals surface area contributed by atoms with Crippen molar-refractivity contribution in [2.45, 2.75) is 77.9 Å². The number of unbranched alkanes of at least 4 members (excludes halogenated alkanes) is 5.